The summed E-state index contributed by atoms with van der Waals surface area (Å²) in [7, 11) is 0. The Morgan fingerprint density at radius 2 is 1.65 bits per heavy atom. The highest BCUT2D eigenvalue weighted by Gasteiger charge is 2.24. The number of nitrogens with one attached hydrogen (secondary N) is 1. The van der Waals surface area contributed by atoms with Crippen molar-refractivity contribution in [3.63, 3.8) is 0 Å². The Morgan fingerprint density at radius 3 is 2.30 bits per heavy atom. The number of hydrogen-bond acceptors (Lipinski definition) is 1. The highest BCUT2D eigenvalue weighted by atomic mass is 14.9. The molecule has 0 amide bonds. The van der Waals surface area contributed by atoms with Gasteiger partial charge < -0.3 is 5.32 Å². The molecule has 1 aliphatic carbocycles. The van der Waals surface area contributed by atoms with Crippen molar-refractivity contribution in [1.82, 2.24) is 5.32 Å². The van der Waals surface area contributed by atoms with E-state index in [0.29, 0.717) is 0 Å². The lowest BCUT2D eigenvalue weighted by atomic mass is 9.85. The van der Waals surface area contributed by atoms with E-state index in [-0.39, 0.29) is 0 Å². The van der Waals surface area contributed by atoms with Crippen LogP contribution in [0.2, 0.25) is 0 Å². The van der Waals surface area contributed by atoms with Crippen molar-refractivity contribution >= 4 is 0 Å². The Morgan fingerprint density at radius 1 is 1.00 bits per heavy atom. The molecule has 2 atom stereocenters. The molecule has 0 bridgehead atoms. The van der Waals surface area contributed by atoms with Crippen molar-refractivity contribution in [2.24, 2.45) is 5.92 Å². The zero-order valence-corrected chi connectivity index (χ0v) is 13.8. The van der Waals surface area contributed by atoms with Gasteiger partial charge in [0.2, 0.25) is 0 Å². The maximum Gasteiger partial charge on any atom is 0.00983 e. The molecule has 1 heteroatoms. The van der Waals surface area contributed by atoms with Gasteiger partial charge in [-0.05, 0) is 69.2 Å². The maximum absolute atomic E-state index is 3.75. The maximum atomic E-state index is 3.75. The van der Waals surface area contributed by atoms with Gasteiger partial charge >= 0.3 is 0 Å². The van der Waals surface area contributed by atoms with Gasteiger partial charge in [0.05, 0.1) is 0 Å². The number of hydrogen-bond donors (Lipinski definition) is 1. The summed E-state index contributed by atoms with van der Waals surface area (Å²) in [6.45, 7) is 10.1. The van der Waals surface area contributed by atoms with Crippen LogP contribution < -0.4 is 5.32 Å². The van der Waals surface area contributed by atoms with E-state index in [1.54, 1.807) is 5.56 Å². The molecule has 1 N–H and O–H groups in total. The molecule has 1 fully saturated rings. The van der Waals surface area contributed by atoms with Crippen LogP contribution >= 0.6 is 0 Å². The molecule has 0 spiro atoms. The zero-order chi connectivity index (χ0) is 14.5. The van der Waals surface area contributed by atoms with Crippen molar-refractivity contribution in [3.8, 4) is 0 Å². The van der Waals surface area contributed by atoms with Crippen LogP contribution in [0, 0.1) is 26.7 Å². The first-order chi connectivity index (χ1) is 9.61. The molecule has 1 aromatic carbocycles. The highest BCUT2D eigenvalue weighted by molar-refractivity contribution is 5.37. The van der Waals surface area contributed by atoms with Gasteiger partial charge in [0.25, 0.3) is 0 Å². The molecule has 0 heterocycles. The van der Waals surface area contributed by atoms with E-state index in [9.17, 15) is 0 Å². The molecule has 0 saturated heterocycles. The SMILES string of the molecule is CCNC1CCCCCC1Cc1c(C)cc(C)cc1C. The Labute approximate surface area is 125 Å². The highest BCUT2D eigenvalue weighted by Crippen LogP contribution is 2.29. The summed E-state index contributed by atoms with van der Waals surface area (Å²) in [6, 6.07) is 5.42. The molecule has 0 aromatic heterocycles. The third-order valence-corrected chi connectivity index (χ3v) is 4.93. The molecular weight excluding hydrogens is 242 g/mol. The van der Waals surface area contributed by atoms with Crippen molar-refractivity contribution in [2.45, 2.75) is 72.3 Å². The minimum absolute atomic E-state index is 0.725. The summed E-state index contributed by atoms with van der Waals surface area (Å²) in [5.41, 5.74) is 5.97. The van der Waals surface area contributed by atoms with Gasteiger partial charge in [-0.15, -0.1) is 0 Å². The molecule has 1 aliphatic rings. The fourth-order valence-electron chi connectivity index (χ4n) is 3.95. The minimum atomic E-state index is 0.725. The number of aryl methyl sites for hydroxylation is 3. The van der Waals surface area contributed by atoms with Crippen molar-refractivity contribution < 1.29 is 0 Å². The van der Waals surface area contributed by atoms with Crippen molar-refractivity contribution in [1.29, 1.82) is 0 Å². The predicted octanol–water partition coefficient (Wildman–Crippen LogP) is 4.71. The van der Waals surface area contributed by atoms with E-state index in [0.717, 1.165) is 18.5 Å². The fourth-order valence-corrected chi connectivity index (χ4v) is 3.95. The topological polar surface area (TPSA) is 12.0 Å². The Bertz CT molecular complexity index is 412. The lowest BCUT2D eigenvalue weighted by molar-refractivity contribution is 0.336. The fraction of sp³-hybridized carbons (Fsp3) is 0.684. The zero-order valence-electron chi connectivity index (χ0n) is 13.8. The van der Waals surface area contributed by atoms with Gasteiger partial charge in [-0.25, -0.2) is 0 Å². The van der Waals surface area contributed by atoms with Gasteiger partial charge in [-0.1, -0.05) is 43.9 Å². The van der Waals surface area contributed by atoms with Crippen LogP contribution in [0.4, 0.5) is 0 Å². The second-order valence-electron chi connectivity index (χ2n) is 6.64. The Balaban J connectivity index is 2.17. The quantitative estimate of drug-likeness (QED) is 0.783. The van der Waals surface area contributed by atoms with Gasteiger partial charge in [-0.2, -0.15) is 0 Å². The lowest BCUT2D eigenvalue weighted by Gasteiger charge is -2.27. The molecule has 0 radical (unpaired) electrons. The van der Waals surface area contributed by atoms with Gasteiger partial charge in [0.1, 0.15) is 0 Å². The van der Waals surface area contributed by atoms with Crippen LogP contribution in [0.15, 0.2) is 12.1 Å². The second kappa shape index (κ2) is 7.26. The van der Waals surface area contributed by atoms with Crippen LogP contribution in [0.3, 0.4) is 0 Å². The standard InChI is InChI=1S/C19H31N/c1-5-20-19-10-8-6-7-9-17(19)13-18-15(3)11-14(2)12-16(18)4/h11-12,17,19-20H,5-10,13H2,1-4H3. The summed E-state index contributed by atoms with van der Waals surface area (Å²) in [5.74, 6) is 0.817. The predicted molar refractivity (Wildman–Crippen MR) is 88.4 cm³/mol. The largest absolute Gasteiger partial charge is 0.314 e. The van der Waals surface area contributed by atoms with Gasteiger partial charge in [0, 0.05) is 6.04 Å². The van der Waals surface area contributed by atoms with Gasteiger partial charge in [-0.3, -0.25) is 0 Å². The third kappa shape index (κ3) is 3.85. The molecule has 112 valence electrons. The Kier molecular flexibility index (Phi) is 5.65. The van der Waals surface area contributed by atoms with Crippen LogP contribution in [-0.2, 0) is 6.42 Å². The first kappa shape index (κ1) is 15.6. The van der Waals surface area contributed by atoms with Crippen LogP contribution in [0.1, 0.15) is 61.3 Å². The van der Waals surface area contributed by atoms with E-state index in [1.165, 1.54) is 55.2 Å². The van der Waals surface area contributed by atoms with Crippen molar-refractivity contribution in [2.75, 3.05) is 6.54 Å². The Hall–Kier alpha value is -0.820. The molecule has 20 heavy (non-hydrogen) atoms. The first-order valence-corrected chi connectivity index (χ1v) is 8.42. The number of benzene rings is 1. The molecule has 1 aromatic rings. The van der Waals surface area contributed by atoms with E-state index in [4.69, 9.17) is 0 Å². The molecule has 1 saturated carbocycles. The molecule has 2 rings (SSSR count). The normalized spacial score (nSPS) is 23.6. The molecule has 1 nitrogen and oxygen atoms in total. The number of rotatable bonds is 4. The summed E-state index contributed by atoms with van der Waals surface area (Å²) in [6.07, 6.45) is 8.25. The second-order valence-corrected chi connectivity index (χ2v) is 6.64. The van der Waals surface area contributed by atoms with Gasteiger partial charge in [0.15, 0.2) is 0 Å². The summed E-state index contributed by atoms with van der Waals surface area (Å²) < 4.78 is 0. The summed E-state index contributed by atoms with van der Waals surface area (Å²) in [5, 5.41) is 3.75. The monoisotopic (exact) mass is 273 g/mol. The van der Waals surface area contributed by atoms with E-state index >= 15 is 0 Å². The molecule has 0 aliphatic heterocycles. The molecular formula is C19H31N. The first-order valence-electron chi connectivity index (χ1n) is 8.42. The van der Waals surface area contributed by atoms with E-state index in [2.05, 4.69) is 45.1 Å². The van der Waals surface area contributed by atoms with Crippen molar-refractivity contribution in [3.05, 3.63) is 34.4 Å². The average Bonchev–Trinajstić information content (AvgIpc) is 2.60. The summed E-state index contributed by atoms with van der Waals surface area (Å²) >= 11 is 0. The summed E-state index contributed by atoms with van der Waals surface area (Å²) in [4.78, 5) is 0. The van der Waals surface area contributed by atoms with Crippen LogP contribution in [-0.4, -0.2) is 12.6 Å². The third-order valence-electron chi connectivity index (χ3n) is 4.93. The minimum Gasteiger partial charge on any atom is -0.314 e. The molecule has 2 unspecified atom stereocenters. The van der Waals surface area contributed by atoms with E-state index in [1.807, 2.05) is 0 Å². The average molecular weight is 273 g/mol. The van der Waals surface area contributed by atoms with E-state index < -0.39 is 0 Å². The van der Waals surface area contributed by atoms with Crippen LogP contribution in [0.5, 0.6) is 0 Å². The smallest absolute Gasteiger partial charge is 0.00983 e. The lowest BCUT2D eigenvalue weighted by Crippen LogP contribution is -2.36. The van der Waals surface area contributed by atoms with Crippen LogP contribution in [0.25, 0.3) is 0 Å².